The van der Waals surface area contributed by atoms with Gasteiger partial charge >= 0.3 is 6.09 Å². The Morgan fingerprint density at radius 3 is 2.87 bits per heavy atom. The molecule has 0 bridgehead atoms. The van der Waals surface area contributed by atoms with Crippen LogP contribution < -0.4 is 5.32 Å². The van der Waals surface area contributed by atoms with E-state index in [2.05, 4.69) is 5.32 Å². The first-order valence-electron chi connectivity index (χ1n) is 6.02. The number of carbonyl (C=O) groups excluding carboxylic acids is 1. The number of cyclic esters (lactones) is 1. The second-order valence-electron chi connectivity index (χ2n) is 4.91. The third-order valence-electron chi connectivity index (χ3n) is 3.71. The summed E-state index contributed by atoms with van der Waals surface area (Å²) in [5.74, 6) is 0.534. The average Bonchev–Trinajstić information content (AvgIpc) is 3.04. The normalized spacial score (nSPS) is 36.8. The molecule has 0 aromatic rings. The van der Waals surface area contributed by atoms with Crippen molar-refractivity contribution in [1.82, 2.24) is 10.2 Å². The van der Waals surface area contributed by atoms with Gasteiger partial charge in [0.05, 0.1) is 6.54 Å². The zero-order valence-corrected chi connectivity index (χ0v) is 8.95. The Labute approximate surface area is 90.0 Å². The lowest BCUT2D eigenvalue weighted by Crippen LogP contribution is -2.38. The predicted octanol–water partition coefficient (Wildman–Crippen LogP) is 0.969. The molecule has 2 unspecified atom stereocenters. The summed E-state index contributed by atoms with van der Waals surface area (Å²) < 4.78 is 5.46. The van der Waals surface area contributed by atoms with E-state index in [4.69, 9.17) is 4.74 Å². The highest BCUT2D eigenvalue weighted by molar-refractivity contribution is 5.70. The van der Waals surface area contributed by atoms with Crippen LogP contribution in [0, 0.1) is 5.92 Å². The second-order valence-corrected chi connectivity index (χ2v) is 4.91. The summed E-state index contributed by atoms with van der Waals surface area (Å²) in [5, 5.41) is 3.38. The highest BCUT2D eigenvalue weighted by Gasteiger charge is 2.43. The molecule has 3 aliphatic rings. The van der Waals surface area contributed by atoms with Crippen LogP contribution >= 0.6 is 0 Å². The molecule has 2 heterocycles. The minimum absolute atomic E-state index is 0.0759. The number of nitrogens with zero attached hydrogens (tertiary/aromatic N) is 1. The van der Waals surface area contributed by atoms with Gasteiger partial charge in [0.1, 0.15) is 6.10 Å². The van der Waals surface area contributed by atoms with Crippen LogP contribution in [0.4, 0.5) is 4.79 Å². The summed E-state index contributed by atoms with van der Waals surface area (Å²) in [7, 11) is 0. The third kappa shape index (κ3) is 1.83. The average molecular weight is 210 g/mol. The van der Waals surface area contributed by atoms with Gasteiger partial charge in [-0.15, -0.1) is 0 Å². The number of hydrogen-bond acceptors (Lipinski definition) is 3. The number of rotatable bonds is 2. The largest absolute Gasteiger partial charge is 0.444 e. The SMILES string of the molecule is O=C1OC(C2CCCNC2)CN1C1CC1. The van der Waals surface area contributed by atoms with Crippen molar-refractivity contribution in [2.75, 3.05) is 19.6 Å². The van der Waals surface area contributed by atoms with E-state index in [1.165, 1.54) is 25.7 Å². The van der Waals surface area contributed by atoms with E-state index in [0.717, 1.165) is 19.6 Å². The molecule has 0 aromatic carbocycles. The first kappa shape index (κ1) is 9.46. The number of amides is 1. The van der Waals surface area contributed by atoms with E-state index in [1.54, 1.807) is 0 Å². The fourth-order valence-corrected chi connectivity index (χ4v) is 2.63. The van der Waals surface area contributed by atoms with Gasteiger partial charge in [0.25, 0.3) is 0 Å². The molecule has 15 heavy (non-hydrogen) atoms. The van der Waals surface area contributed by atoms with Crippen molar-refractivity contribution in [3.63, 3.8) is 0 Å². The number of carbonyl (C=O) groups is 1. The van der Waals surface area contributed by atoms with Crippen molar-refractivity contribution >= 4 is 6.09 Å². The second kappa shape index (κ2) is 3.67. The molecule has 0 spiro atoms. The van der Waals surface area contributed by atoms with E-state index < -0.39 is 0 Å². The molecule has 2 aliphatic heterocycles. The topological polar surface area (TPSA) is 41.6 Å². The Morgan fingerprint density at radius 2 is 2.20 bits per heavy atom. The summed E-state index contributed by atoms with van der Waals surface area (Å²) in [4.78, 5) is 13.5. The van der Waals surface area contributed by atoms with Crippen LogP contribution in [0.3, 0.4) is 0 Å². The first-order valence-corrected chi connectivity index (χ1v) is 6.02. The van der Waals surface area contributed by atoms with Crippen LogP contribution in [-0.2, 0) is 4.74 Å². The minimum Gasteiger partial charge on any atom is -0.444 e. The molecule has 3 rings (SSSR count). The lowest BCUT2D eigenvalue weighted by Gasteiger charge is -2.26. The molecular weight excluding hydrogens is 192 g/mol. The predicted molar refractivity (Wildman–Crippen MR) is 55.6 cm³/mol. The van der Waals surface area contributed by atoms with Crippen LogP contribution in [0.2, 0.25) is 0 Å². The molecule has 2 atom stereocenters. The molecule has 1 amide bonds. The highest BCUT2D eigenvalue weighted by Crippen LogP contribution is 2.33. The molecule has 1 aliphatic carbocycles. The molecule has 3 fully saturated rings. The Morgan fingerprint density at radius 1 is 1.33 bits per heavy atom. The van der Waals surface area contributed by atoms with Gasteiger partial charge in [-0.25, -0.2) is 4.79 Å². The Kier molecular flexibility index (Phi) is 2.31. The zero-order chi connectivity index (χ0) is 10.3. The van der Waals surface area contributed by atoms with Gasteiger partial charge in [-0.2, -0.15) is 0 Å². The fraction of sp³-hybridized carbons (Fsp3) is 0.909. The van der Waals surface area contributed by atoms with E-state index in [9.17, 15) is 4.79 Å². The van der Waals surface area contributed by atoms with E-state index in [1.807, 2.05) is 4.90 Å². The number of hydrogen-bond donors (Lipinski definition) is 1. The summed E-state index contributed by atoms with van der Waals surface area (Å²) in [6.45, 7) is 2.95. The van der Waals surface area contributed by atoms with E-state index >= 15 is 0 Å². The molecular formula is C11H18N2O2. The van der Waals surface area contributed by atoms with E-state index in [0.29, 0.717) is 12.0 Å². The summed E-state index contributed by atoms with van der Waals surface area (Å²) in [5.41, 5.74) is 0. The molecule has 4 heteroatoms. The van der Waals surface area contributed by atoms with Gasteiger partial charge in [-0.3, -0.25) is 0 Å². The van der Waals surface area contributed by atoms with Gasteiger partial charge in [-0.05, 0) is 32.2 Å². The van der Waals surface area contributed by atoms with Crippen molar-refractivity contribution in [2.24, 2.45) is 5.92 Å². The summed E-state index contributed by atoms with van der Waals surface area (Å²) >= 11 is 0. The maximum absolute atomic E-state index is 11.6. The zero-order valence-electron chi connectivity index (χ0n) is 8.95. The monoisotopic (exact) mass is 210 g/mol. The van der Waals surface area contributed by atoms with Gasteiger partial charge in [0.2, 0.25) is 0 Å². The van der Waals surface area contributed by atoms with Crippen molar-refractivity contribution in [3.05, 3.63) is 0 Å². The van der Waals surface area contributed by atoms with Gasteiger partial charge in [0.15, 0.2) is 0 Å². The molecule has 4 nitrogen and oxygen atoms in total. The van der Waals surface area contributed by atoms with Crippen molar-refractivity contribution in [1.29, 1.82) is 0 Å². The standard InChI is InChI=1S/C11H18N2O2/c14-11-13(9-3-4-9)7-10(15-11)8-2-1-5-12-6-8/h8-10,12H,1-7H2. The molecule has 1 N–H and O–H groups in total. The van der Waals surface area contributed by atoms with Crippen LogP contribution in [0.1, 0.15) is 25.7 Å². The number of piperidine rings is 1. The number of nitrogens with one attached hydrogen (secondary N) is 1. The summed E-state index contributed by atoms with van der Waals surface area (Å²) in [6, 6.07) is 0.499. The van der Waals surface area contributed by atoms with Crippen LogP contribution in [-0.4, -0.2) is 42.8 Å². The van der Waals surface area contributed by atoms with Crippen molar-refractivity contribution in [2.45, 2.75) is 37.8 Å². The maximum atomic E-state index is 11.6. The fourth-order valence-electron chi connectivity index (χ4n) is 2.63. The van der Waals surface area contributed by atoms with E-state index in [-0.39, 0.29) is 12.2 Å². The lowest BCUT2D eigenvalue weighted by molar-refractivity contribution is 0.0926. The highest BCUT2D eigenvalue weighted by atomic mass is 16.6. The first-order chi connectivity index (χ1) is 7.34. The molecule has 0 radical (unpaired) electrons. The van der Waals surface area contributed by atoms with Crippen molar-refractivity contribution in [3.8, 4) is 0 Å². The molecule has 2 saturated heterocycles. The van der Waals surface area contributed by atoms with Gasteiger partial charge in [-0.1, -0.05) is 0 Å². The summed E-state index contributed by atoms with van der Waals surface area (Å²) in [6.07, 6.45) is 4.82. The lowest BCUT2D eigenvalue weighted by atomic mass is 9.94. The Hall–Kier alpha value is -0.770. The number of ether oxygens (including phenoxy) is 1. The smallest absolute Gasteiger partial charge is 0.410 e. The molecule has 0 aromatic heterocycles. The van der Waals surface area contributed by atoms with Crippen LogP contribution in [0.25, 0.3) is 0 Å². The Balaban J connectivity index is 1.60. The quantitative estimate of drug-likeness (QED) is 0.738. The maximum Gasteiger partial charge on any atom is 0.410 e. The van der Waals surface area contributed by atoms with Gasteiger partial charge < -0.3 is 15.0 Å². The molecule has 84 valence electrons. The van der Waals surface area contributed by atoms with Crippen LogP contribution in [0.5, 0.6) is 0 Å². The van der Waals surface area contributed by atoms with Crippen molar-refractivity contribution < 1.29 is 9.53 Å². The minimum atomic E-state index is -0.0759. The van der Waals surface area contributed by atoms with Crippen LogP contribution in [0.15, 0.2) is 0 Å². The molecule has 1 saturated carbocycles. The van der Waals surface area contributed by atoms with Gasteiger partial charge in [0, 0.05) is 18.5 Å². The third-order valence-corrected chi connectivity index (χ3v) is 3.71. The Bertz CT molecular complexity index is 259.